The highest BCUT2D eigenvalue weighted by Gasteiger charge is 2.09. The maximum absolute atomic E-state index is 8.89. The Labute approximate surface area is 105 Å². The minimum atomic E-state index is 0.618. The molecule has 2 rings (SSSR count). The van der Waals surface area contributed by atoms with Crippen LogP contribution in [-0.4, -0.2) is 21.8 Å². The molecule has 0 heterocycles. The van der Waals surface area contributed by atoms with E-state index in [4.69, 9.17) is 10.4 Å². The van der Waals surface area contributed by atoms with Crippen LogP contribution in [0.3, 0.4) is 0 Å². The van der Waals surface area contributed by atoms with Crippen LogP contribution in [0.15, 0.2) is 70.1 Å². The second kappa shape index (κ2) is 5.82. The van der Waals surface area contributed by atoms with Crippen molar-refractivity contribution in [3.05, 3.63) is 59.8 Å². The fraction of sp³-hybridized carbons (Fsp3) is 0.143. The quantitative estimate of drug-likeness (QED) is 0.577. The summed E-state index contributed by atoms with van der Waals surface area (Å²) >= 11 is 0. The fourth-order valence-electron chi connectivity index (χ4n) is 1.81. The normalized spacial score (nSPS) is 23.8. The number of rotatable bonds is 2. The largest absolute Gasteiger partial charge is 0.411 e. The fourth-order valence-corrected chi connectivity index (χ4v) is 1.81. The lowest BCUT2D eigenvalue weighted by atomic mass is 9.98. The Balaban J connectivity index is 2.20. The molecule has 0 bridgehead atoms. The van der Waals surface area contributed by atoms with Crippen LogP contribution in [0.4, 0.5) is 0 Å². The van der Waals surface area contributed by atoms with Gasteiger partial charge in [-0.2, -0.15) is 0 Å². The number of oxime groups is 2. The smallest absolute Gasteiger partial charge is 0.0905 e. The molecule has 4 nitrogen and oxygen atoms in total. The van der Waals surface area contributed by atoms with Crippen LogP contribution in [0.5, 0.6) is 0 Å². The maximum Gasteiger partial charge on any atom is 0.0905 e. The first-order chi connectivity index (χ1) is 8.85. The van der Waals surface area contributed by atoms with Crippen molar-refractivity contribution in [3.63, 3.8) is 0 Å². The number of allylic oxidation sites excluding steroid dienone is 10. The second-order valence-electron chi connectivity index (χ2n) is 3.94. The standard InChI is InChI=1S/C14H14N2O2/c17-15-13-7-3-1-5-11(13)9-10-12-6-2-4-8-14(12)16-18/h1-6,9-10,17-18H,7-8H2. The van der Waals surface area contributed by atoms with Gasteiger partial charge in [0.05, 0.1) is 11.4 Å². The van der Waals surface area contributed by atoms with Crippen molar-refractivity contribution in [1.29, 1.82) is 0 Å². The molecule has 4 heteroatoms. The molecule has 0 aliphatic heterocycles. The molecule has 0 aromatic carbocycles. The average Bonchev–Trinajstić information content (AvgIpc) is 2.45. The first-order valence-corrected chi connectivity index (χ1v) is 5.69. The van der Waals surface area contributed by atoms with E-state index in [0.29, 0.717) is 24.3 Å². The van der Waals surface area contributed by atoms with Crippen LogP contribution in [-0.2, 0) is 0 Å². The topological polar surface area (TPSA) is 65.2 Å². The Hall–Kier alpha value is -2.36. The number of hydrogen-bond donors (Lipinski definition) is 2. The molecule has 0 atom stereocenters. The summed E-state index contributed by atoms with van der Waals surface area (Å²) in [6.07, 6.45) is 16.4. The van der Waals surface area contributed by atoms with Crippen molar-refractivity contribution in [2.24, 2.45) is 10.3 Å². The third kappa shape index (κ3) is 2.66. The summed E-state index contributed by atoms with van der Waals surface area (Å²) in [5.74, 6) is 0. The summed E-state index contributed by atoms with van der Waals surface area (Å²) in [4.78, 5) is 0. The minimum absolute atomic E-state index is 0.618. The number of hydrogen-bond acceptors (Lipinski definition) is 4. The lowest BCUT2D eigenvalue weighted by Crippen LogP contribution is -2.05. The zero-order valence-corrected chi connectivity index (χ0v) is 9.82. The van der Waals surface area contributed by atoms with Crippen LogP contribution in [0, 0.1) is 0 Å². The molecule has 0 saturated carbocycles. The molecular weight excluding hydrogens is 228 g/mol. The van der Waals surface area contributed by atoms with E-state index >= 15 is 0 Å². The predicted molar refractivity (Wildman–Crippen MR) is 71.3 cm³/mol. The van der Waals surface area contributed by atoms with E-state index in [-0.39, 0.29) is 0 Å². The molecular formula is C14H14N2O2. The minimum Gasteiger partial charge on any atom is -0.411 e. The predicted octanol–water partition coefficient (Wildman–Crippen LogP) is 2.98. The summed E-state index contributed by atoms with van der Waals surface area (Å²) in [5.41, 5.74) is 2.96. The Morgan fingerprint density at radius 3 is 1.67 bits per heavy atom. The molecule has 18 heavy (non-hydrogen) atoms. The van der Waals surface area contributed by atoms with Crippen LogP contribution in [0.2, 0.25) is 0 Å². The summed E-state index contributed by atoms with van der Waals surface area (Å²) < 4.78 is 0. The van der Waals surface area contributed by atoms with Crippen molar-refractivity contribution >= 4 is 11.4 Å². The van der Waals surface area contributed by atoms with Gasteiger partial charge in [0.25, 0.3) is 0 Å². The van der Waals surface area contributed by atoms with Gasteiger partial charge in [-0.1, -0.05) is 58.9 Å². The molecule has 0 radical (unpaired) electrons. The summed E-state index contributed by atoms with van der Waals surface area (Å²) in [6.45, 7) is 0. The van der Waals surface area contributed by atoms with E-state index in [2.05, 4.69) is 10.3 Å². The number of nitrogens with zero attached hydrogens (tertiary/aromatic N) is 2. The van der Waals surface area contributed by atoms with Crippen molar-refractivity contribution in [2.45, 2.75) is 12.8 Å². The molecule has 2 aliphatic rings. The molecule has 2 N–H and O–H groups in total. The Morgan fingerprint density at radius 1 is 0.833 bits per heavy atom. The van der Waals surface area contributed by atoms with E-state index in [1.807, 2.05) is 48.6 Å². The van der Waals surface area contributed by atoms with Gasteiger partial charge in [0, 0.05) is 12.8 Å². The van der Waals surface area contributed by atoms with E-state index < -0.39 is 0 Å². The van der Waals surface area contributed by atoms with Gasteiger partial charge in [-0.05, 0) is 11.1 Å². The van der Waals surface area contributed by atoms with Crippen molar-refractivity contribution < 1.29 is 10.4 Å². The van der Waals surface area contributed by atoms with Crippen LogP contribution in [0.1, 0.15) is 12.8 Å². The Morgan fingerprint density at radius 2 is 1.28 bits per heavy atom. The second-order valence-corrected chi connectivity index (χ2v) is 3.94. The highest BCUT2D eigenvalue weighted by Crippen LogP contribution is 2.15. The molecule has 92 valence electrons. The Kier molecular flexibility index (Phi) is 3.91. The highest BCUT2D eigenvalue weighted by atomic mass is 16.4. The lowest BCUT2D eigenvalue weighted by molar-refractivity contribution is 0.318. The van der Waals surface area contributed by atoms with Crippen LogP contribution < -0.4 is 0 Å². The van der Waals surface area contributed by atoms with E-state index in [0.717, 1.165) is 11.1 Å². The van der Waals surface area contributed by atoms with E-state index in [9.17, 15) is 0 Å². The van der Waals surface area contributed by atoms with Crippen molar-refractivity contribution in [2.75, 3.05) is 0 Å². The monoisotopic (exact) mass is 242 g/mol. The first kappa shape index (κ1) is 12.1. The van der Waals surface area contributed by atoms with E-state index in [1.54, 1.807) is 0 Å². The van der Waals surface area contributed by atoms with Crippen molar-refractivity contribution in [1.82, 2.24) is 0 Å². The molecule has 0 saturated heterocycles. The molecule has 0 unspecified atom stereocenters. The molecule has 0 amide bonds. The van der Waals surface area contributed by atoms with Gasteiger partial charge in [0.1, 0.15) is 0 Å². The highest BCUT2D eigenvalue weighted by molar-refractivity contribution is 6.06. The van der Waals surface area contributed by atoms with Gasteiger partial charge >= 0.3 is 0 Å². The zero-order valence-electron chi connectivity index (χ0n) is 9.82. The summed E-state index contributed by atoms with van der Waals surface area (Å²) in [5, 5.41) is 24.3. The molecule has 0 aromatic rings. The molecule has 0 spiro atoms. The zero-order chi connectivity index (χ0) is 12.8. The van der Waals surface area contributed by atoms with Crippen molar-refractivity contribution in [3.8, 4) is 0 Å². The maximum atomic E-state index is 8.89. The Bertz CT molecular complexity index is 484. The van der Waals surface area contributed by atoms with Crippen LogP contribution in [0.25, 0.3) is 0 Å². The van der Waals surface area contributed by atoms with Gasteiger partial charge in [0.2, 0.25) is 0 Å². The van der Waals surface area contributed by atoms with Crippen LogP contribution >= 0.6 is 0 Å². The molecule has 2 aliphatic carbocycles. The van der Waals surface area contributed by atoms with Gasteiger partial charge in [-0.3, -0.25) is 0 Å². The SMILES string of the molecule is ON=C1CC=CC=C1C=CC1=CC=CCC1=NO. The molecule has 0 fully saturated rings. The van der Waals surface area contributed by atoms with Gasteiger partial charge < -0.3 is 10.4 Å². The molecule has 0 aromatic heterocycles. The van der Waals surface area contributed by atoms with Gasteiger partial charge in [0.15, 0.2) is 0 Å². The van der Waals surface area contributed by atoms with Gasteiger partial charge in [-0.25, -0.2) is 0 Å². The average molecular weight is 242 g/mol. The third-order valence-electron chi connectivity index (χ3n) is 2.80. The third-order valence-corrected chi connectivity index (χ3v) is 2.80. The lowest BCUT2D eigenvalue weighted by Gasteiger charge is -2.08. The van der Waals surface area contributed by atoms with E-state index in [1.165, 1.54) is 0 Å². The summed E-state index contributed by atoms with van der Waals surface area (Å²) in [7, 11) is 0. The van der Waals surface area contributed by atoms with Gasteiger partial charge in [-0.15, -0.1) is 0 Å². The summed E-state index contributed by atoms with van der Waals surface area (Å²) in [6, 6.07) is 0. The first-order valence-electron chi connectivity index (χ1n) is 5.69.